The van der Waals surface area contributed by atoms with Gasteiger partial charge in [-0.1, -0.05) is 0 Å². The van der Waals surface area contributed by atoms with E-state index in [1.807, 2.05) is 18.2 Å². The molecule has 15 heavy (non-hydrogen) atoms. The summed E-state index contributed by atoms with van der Waals surface area (Å²) in [6.45, 7) is 0. The molecule has 2 aromatic heterocycles. The van der Waals surface area contributed by atoms with E-state index in [-0.39, 0.29) is 0 Å². The second-order valence-corrected chi connectivity index (χ2v) is 3.88. The molecule has 0 bridgehead atoms. The van der Waals surface area contributed by atoms with Crippen molar-refractivity contribution in [1.29, 1.82) is 5.41 Å². The van der Waals surface area contributed by atoms with Gasteiger partial charge in [-0.15, -0.1) is 0 Å². The summed E-state index contributed by atoms with van der Waals surface area (Å²) in [7, 11) is 1.59. The number of H-pyrrole nitrogens is 2. The number of nitrogens with one attached hydrogen (secondary N) is 3. The molecule has 0 saturated heterocycles. The molecule has 3 N–H and O–H groups in total. The molecule has 2 heterocycles. The minimum atomic E-state index is 0.665. The average molecular weight is 268 g/mol. The highest BCUT2D eigenvalue weighted by Crippen LogP contribution is 2.26. The summed E-state index contributed by atoms with van der Waals surface area (Å²) in [6.07, 6.45) is 1.24. The van der Waals surface area contributed by atoms with Crippen molar-refractivity contribution in [3.05, 3.63) is 28.5 Å². The van der Waals surface area contributed by atoms with Crippen LogP contribution in [0.15, 0.2) is 22.8 Å². The summed E-state index contributed by atoms with van der Waals surface area (Å²) in [5, 5.41) is 7.21. The quantitative estimate of drug-likeness (QED) is 0.736. The maximum Gasteiger partial charge on any atom is 0.146 e. The highest BCUT2D eigenvalue weighted by Gasteiger charge is 2.08. The lowest BCUT2D eigenvalue weighted by Crippen LogP contribution is -1.86. The summed E-state index contributed by atoms with van der Waals surface area (Å²) in [6, 6.07) is 5.73. The van der Waals surface area contributed by atoms with E-state index in [2.05, 4.69) is 25.9 Å². The van der Waals surface area contributed by atoms with Crippen molar-refractivity contribution in [2.75, 3.05) is 7.11 Å². The van der Waals surface area contributed by atoms with E-state index < -0.39 is 0 Å². The number of hydrogen-bond donors (Lipinski definition) is 3. The number of rotatable bonds is 3. The molecule has 0 amide bonds. The van der Waals surface area contributed by atoms with Crippen LogP contribution in [0.4, 0.5) is 0 Å². The number of aromatic amines is 2. The molecule has 0 fully saturated rings. The average Bonchev–Trinajstić information content (AvgIpc) is 2.82. The molecular weight excluding hydrogens is 258 g/mol. The minimum Gasteiger partial charge on any atom is -0.494 e. The van der Waals surface area contributed by atoms with Crippen LogP contribution in [0.2, 0.25) is 0 Å². The van der Waals surface area contributed by atoms with E-state index in [0.717, 1.165) is 16.0 Å². The first kappa shape index (κ1) is 10.0. The SMILES string of the molecule is COc1cc(-c2ccc(Br)[nH]2)[nH]c1C=N. The lowest BCUT2D eigenvalue weighted by molar-refractivity contribution is 0.415. The first-order valence-corrected chi connectivity index (χ1v) is 5.16. The van der Waals surface area contributed by atoms with Gasteiger partial charge in [-0.3, -0.25) is 0 Å². The topological polar surface area (TPSA) is 64.7 Å². The zero-order chi connectivity index (χ0) is 10.8. The number of methoxy groups -OCH3 is 1. The van der Waals surface area contributed by atoms with E-state index in [9.17, 15) is 0 Å². The van der Waals surface area contributed by atoms with Gasteiger partial charge in [-0.05, 0) is 28.1 Å². The monoisotopic (exact) mass is 267 g/mol. The van der Waals surface area contributed by atoms with E-state index in [4.69, 9.17) is 10.1 Å². The Kier molecular flexibility index (Phi) is 2.64. The molecule has 0 aliphatic heterocycles. The predicted octanol–water partition coefficient (Wildman–Crippen LogP) is 2.78. The Hall–Kier alpha value is -1.49. The molecule has 78 valence electrons. The number of aromatic nitrogens is 2. The summed E-state index contributed by atoms with van der Waals surface area (Å²) >= 11 is 3.34. The third kappa shape index (κ3) is 1.83. The molecule has 0 atom stereocenters. The van der Waals surface area contributed by atoms with Gasteiger partial charge in [0.1, 0.15) is 5.75 Å². The van der Waals surface area contributed by atoms with E-state index >= 15 is 0 Å². The van der Waals surface area contributed by atoms with Crippen molar-refractivity contribution in [2.24, 2.45) is 0 Å². The Bertz CT molecular complexity index is 487. The maximum absolute atomic E-state index is 7.21. The first-order chi connectivity index (χ1) is 7.24. The summed E-state index contributed by atoms with van der Waals surface area (Å²) in [5.74, 6) is 0.672. The van der Waals surface area contributed by atoms with Crippen LogP contribution in [0.1, 0.15) is 5.69 Å². The lowest BCUT2D eigenvalue weighted by Gasteiger charge is -1.93. The first-order valence-electron chi connectivity index (χ1n) is 4.37. The van der Waals surface area contributed by atoms with Crippen LogP contribution >= 0.6 is 15.9 Å². The van der Waals surface area contributed by atoms with Gasteiger partial charge in [0.15, 0.2) is 0 Å². The van der Waals surface area contributed by atoms with E-state index in [1.54, 1.807) is 7.11 Å². The van der Waals surface area contributed by atoms with Crippen molar-refractivity contribution in [2.45, 2.75) is 0 Å². The highest BCUT2D eigenvalue weighted by atomic mass is 79.9. The minimum absolute atomic E-state index is 0.665. The van der Waals surface area contributed by atoms with Gasteiger partial charge in [-0.25, -0.2) is 0 Å². The Labute approximate surface area is 95.3 Å². The molecule has 0 unspecified atom stereocenters. The molecule has 0 aliphatic rings. The molecule has 5 heteroatoms. The summed E-state index contributed by atoms with van der Waals surface area (Å²) < 4.78 is 6.06. The lowest BCUT2D eigenvalue weighted by atomic mass is 10.3. The predicted molar refractivity (Wildman–Crippen MR) is 62.7 cm³/mol. The van der Waals surface area contributed by atoms with E-state index in [1.165, 1.54) is 6.21 Å². The standard InChI is InChI=1S/C10H10BrN3O/c1-15-9-4-7(13-8(9)5-12)6-2-3-10(11)14-6/h2-5,12-14H,1H3. The molecule has 2 aromatic rings. The van der Waals surface area contributed by atoms with Crippen LogP contribution in [-0.4, -0.2) is 23.3 Å². The molecule has 0 aromatic carbocycles. The Balaban J connectivity index is 2.45. The second kappa shape index (κ2) is 3.94. The zero-order valence-corrected chi connectivity index (χ0v) is 9.68. The number of ether oxygens (including phenoxy) is 1. The summed E-state index contributed by atoms with van der Waals surface area (Å²) in [5.41, 5.74) is 2.52. The van der Waals surface area contributed by atoms with Crippen molar-refractivity contribution < 1.29 is 4.74 Å². The largest absolute Gasteiger partial charge is 0.494 e. The van der Waals surface area contributed by atoms with Gasteiger partial charge in [-0.2, -0.15) is 0 Å². The maximum atomic E-state index is 7.21. The van der Waals surface area contributed by atoms with Crippen LogP contribution in [0, 0.1) is 5.41 Å². The van der Waals surface area contributed by atoms with Crippen LogP contribution in [0.25, 0.3) is 11.4 Å². The van der Waals surface area contributed by atoms with Crippen molar-refractivity contribution >= 4 is 22.1 Å². The molecule has 0 spiro atoms. The van der Waals surface area contributed by atoms with Crippen molar-refractivity contribution in [3.63, 3.8) is 0 Å². The van der Waals surface area contributed by atoms with Crippen LogP contribution in [-0.2, 0) is 0 Å². The number of hydrogen-bond acceptors (Lipinski definition) is 2. The fourth-order valence-corrected chi connectivity index (χ4v) is 1.74. The van der Waals surface area contributed by atoms with E-state index in [0.29, 0.717) is 11.4 Å². The Morgan fingerprint density at radius 1 is 1.33 bits per heavy atom. The van der Waals surface area contributed by atoms with Gasteiger partial charge in [0, 0.05) is 12.3 Å². The normalized spacial score (nSPS) is 10.3. The van der Waals surface area contributed by atoms with Gasteiger partial charge < -0.3 is 20.1 Å². The van der Waals surface area contributed by atoms with Gasteiger partial charge in [0.25, 0.3) is 0 Å². The third-order valence-electron chi connectivity index (χ3n) is 2.12. The van der Waals surface area contributed by atoms with Crippen molar-refractivity contribution in [1.82, 2.24) is 9.97 Å². The van der Waals surface area contributed by atoms with Gasteiger partial charge in [0.2, 0.25) is 0 Å². The van der Waals surface area contributed by atoms with Crippen molar-refractivity contribution in [3.8, 4) is 17.1 Å². The zero-order valence-electron chi connectivity index (χ0n) is 8.10. The van der Waals surface area contributed by atoms with Crippen LogP contribution in [0.5, 0.6) is 5.75 Å². The fraction of sp³-hybridized carbons (Fsp3) is 0.100. The molecule has 0 aliphatic carbocycles. The Morgan fingerprint density at radius 3 is 2.60 bits per heavy atom. The smallest absolute Gasteiger partial charge is 0.146 e. The molecule has 0 saturated carbocycles. The molecule has 4 nitrogen and oxygen atoms in total. The van der Waals surface area contributed by atoms with Crippen LogP contribution < -0.4 is 4.74 Å². The van der Waals surface area contributed by atoms with Gasteiger partial charge >= 0.3 is 0 Å². The third-order valence-corrected chi connectivity index (χ3v) is 2.58. The fourth-order valence-electron chi connectivity index (χ4n) is 1.40. The summed E-state index contributed by atoms with van der Waals surface area (Å²) in [4.78, 5) is 6.23. The molecule has 2 rings (SSSR count). The second-order valence-electron chi connectivity index (χ2n) is 3.03. The van der Waals surface area contributed by atoms with Gasteiger partial charge in [0.05, 0.1) is 28.8 Å². The molecule has 0 radical (unpaired) electrons. The number of halogens is 1. The highest BCUT2D eigenvalue weighted by molar-refractivity contribution is 9.10. The molecular formula is C10H10BrN3O. The van der Waals surface area contributed by atoms with Crippen LogP contribution in [0.3, 0.4) is 0 Å². The Morgan fingerprint density at radius 2 is 2.13 bits per heavy atom.